The van der Waals surface area contributed by atoms with Crippen molar-refractivity contribution in [3.8, 4) is 11.3 Å². The van der Waals surface area contributed by atoms with Crippen molar-refractivity contribution < 1.29 is 14.3 Å². The maximum Gasteiger partial charge on any atom is 0.247 e. The van der Waals surface area contributed by atoms with Crippen LogP contribution >= 0.6 is 11.3 Å². The summed E-state index contributed by atoms with van der Waals surface area (Å²) in [5.41, 5.74) is 4.47. The summed E-state index contributed by atoms with van der Waals surface area (Å²) in [5.74, 6) is -0.397. The van der Waals surface area contributed by atoms with Crippen molar-refractivity contribution in [2.75, 3.05) is 27.3 Å². The Labute approximate surface area is 239 Å². The molecular formula is C32H34N4O3S. The molecule has 2 aromatic carbocycles. The maximum atomic E-state index is 13.8. The molecule has 2 aromatic heterocycles. The van der Waals surface area contributed by atoms with Gasteiger partial charge in [0.15, 0.2) is 0 Å². The number of aromatic nitrogens is 2. The molecule has 0 bridgehead atoms. The minimum atomic E-state index is -0.714. The smallest absolute Gasteiger partial charge is 0.247 e. The maximum absolute atomic E-state index is 13.8. The Morgan fingerprint density at radius 2 is 1.75 bits per heavy atom. The second-order valence-electron chi connectivity index (χ2n) is 9.46. The van der Waals surface area contributed by atoms with Crippen LogP contribution in [0, 0.1) is 6.92 Å². The van der Waals surface area contributed by atoms with Crippen LogP contribution in [-0.2, 0) is 27.3 Å². The molecule has 2 amide bonds. The number of carbonyl (C=O) groups is 2. The number of ether oxygens (including phenoxy) is 1. The number of thiazole rings is 1. The van der Waals surface area contributed by atoms with Gasteiger partial charge in [0.2, 0.25) is 11.8 Å². The van der Waals surface area contributed by atoms with E-state index in [1.807, 2.05) is 85.1 Å². The molecule has 0 radical (unpaired) electrons. The van der Waals surface area contributed by atoms with E-state index in [-0.39, 0.29) is 18.4 Å². The van der Waals surface area contributed by atoms with Gasteiger partial charge in [-0.25, -0.2) is 4.98 Å². The lowest BCUT2D eigenvalue weighted by molar-refractivity contribution is -0.143. The number of hydrogen-bond donors (Lipinski definition) is 0. The van der Waals surface area contributed by atoms with Crippen LogP contribution < -0.4 is 0 Å². The van der Waals surface area contributed by atoms with Crippen LogP contribution in [0.5, 0.6) is 0 Å². The van der Waals surface area contributed by atoms with E-state index in [4.69, 9.17) is 4.74 Å². The summed E-state index contributed by atoms with van der Waals surface area (Å²) in [6, 6.07) is 22.8. The van der Waals surface area contributed by atoms with Gasteiger partial charge in [0.25, 0.3) is 0 Å². The van der Waals surface area contributed by atoms with E-state index in [9.17, 15) is 9.59 Å². The second kappa shape index (κ2) is 14.3. The molecule has 0 spiro atoms. The van der Waals surface area contributed by atoms with Gasteiger partial charge < -0.3 is 14.5 Å². The van der Waals surface area contributed by atoms with Gasteiger partial charge >= 0.3 is 0 Å². The molecule has 0 aliphatic carbocycles. The average molecular weight is 555 g/mol. The lowest BCUT2D eigenvalue weighted by Crippen LogP contribution is -2.51. The largest absolute Gasteiger partial charge is 0.383 e. The molecule has 0 aliphatic heterocycles. The molecule has 4 aromatic rings. The van der Waals surface area contributed by atoms with E-state index in [1.165, 1.54) is 17.4 Å². The van der Waals surface area contributed by atoms with Gasteiger partial charge in [-0.15, -0.1) is 11.3 Å². The Kier molecular flexibility index (Phi) is 10.3. The minimum Gasteiger partial charge on any atom is -0.383 e. The van der Waals surface area contributed by atoms with Crippen molar-refractivity contribution in [1.82, 2.24) is 19.8 Å². The monoisotopic (exact) mass is 554 g/mol. The van der Waals surface area contributed by atoms with Gasteiger partial charge in [0.05, 0.1) is 23.0 Å². The van der Waals surface area contributed by atoms with Gasteiger partial charge in [-0.1, -0.05) is 60.7 Å². The summed E-state index contributed by atoms with van der Waals surface area (Å²) in [4.78, 5) is 39.8. The Hall–Kier alpha value is -4.14. The van der Waals surface area contributed by atoms with Crippen LogP contribution in [0.2, 0.25) is 0 Å². The molecule has 7 nitrogen and oxygen atoms in total. The first kappa shape index (κ1) is 28.9. The van der Waals surface area contributed by atoms with Crippen LogP contribution in [0.15, 0.2) is 90.4 Å². The standard InChI is InChI=1S/C32H34N4O3S/c1-24-34-28(23-40-24)16-17-31(37)36(22-26-12-14-27(15-13-26)29-11-7-8-18-33-29)30(21-25-9-5-4-6-10-25)32(38)35(2)19-20-39-3/h4-18,23,30H,19-22H2,1-3H3/b17-16+/t30-/m0/s1. The molecule has 0 N–H and O–H groups in total. The van der Waals surface area contributed by atoms with Crippen LogP contribution in [0.1, 0.15) is 21.8 Å². The van der Waals surface area contributed by atoms with E-state index < -0.39 is 6.04 Å². The Balaban J connectivity index is 1.67. The SMILES string of the molecule is COCCN(C)C(=O)[C@H](Cc1ccccc1)N(Cc1ccc(-c2ccccn2)cc1)C(=O)/C=C/c1csc(C)n1. The van der Waals surface area contributed by atoms with Crippen LogP contribution in [-0.4, -0.2) is 64.9 Å². The zero-order valence-electron chi connectivity index (χ0n) is 23.1. The summed E-state index contributed by atoms with van der Waals surface area (Å²) < 4.78 is 5.20. The summed E-state index contributed by atoms with van der Waals surface area (Å²) in [6.45, 7) is 3.03. The lowest BCUT2D eigenvalue weighted by atomic mass is 10.0. The van der Waals surface area contributed by atoms with Crippen molar-refractivity contribution in [1.29, 1.82) is 0 Å². The second-order valence-corrected chi connectivity index (χ2v) is 10.5. The number of benzene rings is 2. The number of pyridine rings is 1. The van der Waals surface area contributed by atoms with E-state index in [1.54, 1.807) is 36.2 Å². The minimum absolute atomic E-state index is 0.141. The molecule has 1 atom stereocenters. The van der Waals surface area contributed by atoms with Gasteiger partial charge in [-0.05, 0) is 36.3 Å². The molecule has 0 aliphatic rings. The molecule has 206 valence electrons. The quantitative estimate of drug-likeness (QED) is 0.223. The van der Waals surface area contributed by atoms with E-state index >= 15 is 0 Å². The topological polar surface area (TPSA) is 75.6 Å². The molecule has 40 heavy (non-hydrogen) atoms. The first-order valence-corrected chi connectivity index (χ1v) is 14.0. The van der Waals surface area contributed by atoms with Crippen molar-refractivity contribution in [3.63, 3.8) is 0 Å². The predicted molar refractivity (Wildman–Crippen MR) is 160 cm³/mol. The number of hydrogen-bond acceptors (Lipinski definition) is 6. The molecule has 2 heterocycles. The average Bonchev–Trinajstić information content (AvgIpc) is 3.42. The van der Waals surface area contributed by atoms with Crippen LogP contribution in [0.25, 0.3) is 17.3 Å². The molecule has 0 saturated heterocycles. The number of likely N-dealkylation sites (N-methyl/N-ethyl adjacent to an activating group) is 1. The fraction of sp³-hybridized carbons (Fsp3) is 0.250. The number of aryl methyl sites for hydroxylation is 1. The summed E-state index contributed by atoms with van der Waals surface area (Å²) in [7, 11) is 3.35. The normalized spacial score (nSPS) is 11.9. The third-order valence-electron chi connectivity index (χ3n) is 6.52. The van der Waals surface area contributed by atoms with Gasteiger partial charge in [0, 0.05) is 56.9 Å². The molecule has 0 unspecified atom stereocenters. The first-order chi connectivity index (χ1) is 19.4. The zero-order chi connectivity index (χ0) is 28.3. The van der Waals surface area contributed by atoms with E-state index in [2.05, 4.69) is 9.97 Å². The van der Waals surface area contributed by atoms with E-state index in [0.29, 0.717) is 19.6 Å². The molecule has 0 fully saturated rings. The summed E-state index contributed by atoms with van der Waals surface area (Å²) in [5, 5.41) is 2.83. The van der Waals surface area contributed by atoms with Gasteiger partial charge in [0.1, 0.15) is 6.04 Å². The fourth-order valence-electron chi connectivity index (χ4n) is 4.32. The van der Waals surface area contributed by atoms with Gasteiger partial charge in [-0.3, -0.25) is 14.6 Å². The van der Waals surface area contributed by atoms with Crippen molar-refractivity contribution in [3.05, 3.63) is 112 Å². The predicted octanol–water partition coefficient (Wildman–Crippen LogP) is 5.27. The number of amides is 2. The highest BCUT2D eigenvalue weighted by Gasteiger charge is 2.31. The lowest BCUT2D eigenvalue weighted by Gasteiger charge is -2.33. The number of methoxy groups -OCH3 is 1. The number of nitrogens with zero attached hydrogens (tertiary/aromatic N) is 4. The Bertz CT molecular complexity index is 1410. The van der Waals surface area contributed by atoms with Crippen LogP contribution in [0.3, 0.4) is 0 Å². The third-order valence-corrected chi connectivity index (χ3v) is 7.32. The third kappa shape index (κ3) is 7.94. The van der Waals surface area contributed by atoms with E-state index in [0.717, 1.165) is 33.1 Å². The van der Waals surface area contributed by atoms with Crippen molar-refractivity contribution >= 4 is 29.2 Å². The highest BCUT2D eigenvalue weighted by molar-refractivity contribution is 7.09. The molecular weight excluding hydrogens is 520 g/mol. The first-order valence-electron chi connectivity index (χ1n) is 13.1. The summed E-state index contributed by atoms with van der Waals surface area (Å²) >= 11 is 1.53. The molecule has 8 heteroatoms. The summed E-state index contributed by atoms with van der Waals surface area (Å²) in [6.07, 6.45) is 5.37. The zero-order valence-corrected chi connectivity index (χ0v) is 23.9. The Morgan fingerprint density at radius 3 is 2.40 bits per heavy atom. The van der Waals surface area contributed by atoms with Crippen molar-refractivity contribution in [2.45, 2.75) is 25.9 Å². The number of carbonyl (C=O) groups excluding carboxylic acids is 2. The van der Waals surface area contributed by atoms with Crippen molar-refractivity contribution in [2.24, 2.45) is 0 Å². The molecule has 0 saturated carbocycles. The van der Waals surface area contributed by atoms with Crippen LogP contribution in [0.4, 0.5) is 0 Å². The molecule has 4 rings (SSSR count). The highest BCUT2D eigenvalue weighted by atomic mass is 32.1. The highest BCUT2D eigenvalue weighted by Crippen LogP contribution is 2.21. The fourth-order valence-corrected chi connectivity index (χ4v) is 4.90. The Morgan fingerprint density at radius 1 is 1.00 bits per heavy atom. The van der Waals surface area contributed by atoms with Gasteiger partial charge in [-0.2, -0.15) is 0 Å². The number of rotatable bonds is 12.